The number of fused-ring (bicyclic) bond motifs is 1. The second-order valence-electron chi connectivity index (χ2n) is 7.35. The van der Waals surface area contributed by atoms with Crippen LogP contribution in [0.25, 0.3) is 22.1 Å². The predicted molar refractivity (Wildman–Crippen MR) is 121 cm³/mol. The summed E-state index contributed by atoms with van der Waals surface area (Å²) in [6.45, 7) is 3.89. The number of hydrogen-bond acceptors (Lipinski definition) is 4. The number of carbonyl (C=O) groups excluding carboxylic acids is 1. The number of hydrogen-bond donors (Lipinski definition) is 1. The van der Waals surface area contributed by atoms with Crippen LogP contribution in [0.3, 0.4) is 0 Å². The Balaban J connectivity index is 1.53. The molecule has 31 heavy (non-hydrogen) atoms. The number of rotatable bonds is 6. The third kappa shape index (κ3) is 4.51. The molecular formula is C26H23NO4. The first-order chi connectivity index (χ1) is 15.0. The van der Waals surface area contributed by atoms with Gasteiger partial charge in [0.1, 0.15) is 17.1 Å². The van der Waals surface area contributed by atoms with Gasteiger partial charge in [-0.15, -0.1) is 0 Å². The van der Waals surface area contributed by atoms with Crippen molar-refractivity contribution in [2.24, 2.45) is 0 Å². The molecule has 0 saturated heterocycles. The minimum atomic E-state index is -0.697. The summed E-state index contributed by atoms with van der Waals surface area (Å²) in [5, 5.41) is 3.33. The van der Waals surface area contributed by atoms with Crippen LogP contribution in [0.2, 0.25) is 0 Å². The molecule has 0 bridgehead atoms. The van der Waals surface area contributed by atoms with E-state index in [0.29, 0.717) is 34.6 Å². The summed E-state index contributed by atoms with van der Waals surface area (Å²) in [5.74, 6) is 0.778. The van der Waals surface area contributed by atoms with E-state index in [1.54, 1.807) is 32.0 Å². The first-order valence-electron chi connectivity index (χ1n) is 10.1. The van der Waals surface area contributed by atoms with Crippen LogP contribution < -0.4 is 15.5 Å². The lowest BCUT2D eigenvalue weighted by Gasteiger charge is -2.15. The number of nitrogens with one attached hydrogen (secondary N) is 1. The Morgan fingerprint density at radius 1 is 1.00 bits per heavy atom. The molecule has 4 aromatic rings. The van der Waals surface area contributed by atoms with Crippen molar-refractivity contribution in [3.63, 3.8) is 0 Å². The van der Waals surface area contributed by atoms with Gasteiger partial charge in [-0.2, -0.15) is 0 Å². The Labute approximate surface area is 180 Å². The molecule has 0 saturated carbocycles. The highest BCUT2D eigenvalue weighted by atomic mass is 16.5. The monoisotopic (exact) mass is 413 g/mol. The van der Waals surface area contributed by atoms with Crippen LogP contribution in [-0.2, 0) is 11.3 Å². The lowest BCUT2D eigenvalue weighted by atomic mass is 10.0. The Morgan fingerprint density at radius 3 is 2.39 bits per heavy atom. The van der Waals surface area contributed by atoms with Crippen LogP contribution in [0, 0.1) is 6.92 Å². The molecule has 1 atom stereocenters. The van der Waals surface area contributed by atoms with Crippen molar-refractivity contribution < 1.29 is 13.9 Å². The van der Waals surface area contributed by atoms with Crippen LogP contribution in [0.15, 0.2) is 88.1 Å². The Bertz CT molecular complexity index is 1260. The normalized spacial score (nSPS) is 11.8. The van der Waals surface area contributed by atoms with Gasteiger partial charge in [-0.1, -0.05) is 60.7 Å². The van der Waals surface area contributed by atoms with Crippen molar-refractivity contribution in [3.8, 4) is 16.9 Å². The van der Waals surface area contributed by atoms with Crippen molar-refractivity contribution in [2.45, 2.75) is 26.5 Å². The first kappa shape index (κ1) is 20.4. The number of benzene rings is 3. The smallest absolute Gasteiger partial charge is 0.261 e. The zero-order valence-corrected chi connectivity index (χ0v) is 17.4. The molecule has 0 unspecified atom stereocenters. The molecule has 0 aliphatic carbocycles. The molecule has 3 aromatic carbocycles. The second-order valence-corrected chi connectivity index (χ2v) is 7.35. The molecule has 1 heterocycles. The number of carbonyl (C=O) groups is 1. The lowest BCUT2D eigenvalue weighted by molar-refractivity contribution is -0.127. The van der Waals surface area contributed by atoms with E-state index >= 15 is 0 Å². The van der Waals surface area contributed by atoms with Gasteiger partial charge in [0.2, 0.25) is 5.43 Å². The SMILES string of the molecule is Cc1oc2cc(O[C@@H](C)C(=O)NCc3ccccc3)ccc2c(=O)c1-c1ccccc1. The number of amides is 1. The highest BCUT2D eigenvalue weighted by Gasteiger charge is 2.17. The van der Waals surface area contributed by atoms with Gasteiger partial charge >= 0.3 is 0 Å². The fourth-order valence-corrected chi connectivity index (χ4v) is 3.48. The highest BCUT2D eigenvalue weighted by molar-refractivity contribution is 5.84. The summed E-state index contributed by atoms with van der Waals surface area (Å²) in [6, 6.07) is 24.1. The molecular weight excluding hydrogens is 390 g/mol. The molecule has 5 nitrogen and oxygen atoms in total. The summed E-state index contributed by atoms with van der Waals surface area (Å²) >= 11 is 0. The van der Waals surface area contributed by atoms with E-state index in [4.69, 9.17) is 9.15 Å². The molecule has 1 amide bonds. The first-order valence-corrected chi connectivity index (χ1v) is 10.1. The molecule has 4 rings (SSSR count). The molecule has 0 aliphatic rings. The summed E-state index contributed by atoms with van der Waals surface area (Å²) in [4.78, 5) is 25.4. The van der Waals surface area contributed by atoms with Gasteiger partial charge in [-0.05, 0) is 37.1 Å². The van der Waals surface area contributed by atoms with Crippen molar-refractivity contribution in [1.29, 1.82) is 0 Å². The number of aryl methyl sites for hydroxylation is 1. The van der Waals surface area contributed by atoms with E-state index in [1.165, 1.54) is 0 Å². The minimum absolute atomic E-state index is 0.0925. The van der Waals surface area contributed by atoms with Crippen molar-refractivity contribution in [3.05, 3.63) is 100 Å². The van der Waals surface area contributed by atoms with Gasteiger partial charge in [0.25, 0.3) is 5.91 Å². The largest absolute Gasteiger partial charge is 0.481 e. The summed E-state index contributed by atoms with van der Waals surface area (Å²) in [7, 11) is 0. The Morgan fingerprint density at radius 2 is 1.68 bits per heavy atom. The molecule has 1 N–H and O–H groups in total. The van der Waals surface area contributed by atoms with Gasteiger partial charge < -0.3 is 14.5 Å². The Hall–Kier alpha value is -3.86. The molecule has 1 aromatic heterocycles. The van der Waals surface area contributed by atoms with Crippen LogP contribution in [0.4, 0.5) is 0 Å². The average molecular weight is 413 g/mol. The summed E-state index contributed by atoms with van der Waals surface area (Å²) < 4.78 is 11.7. The van der Waals surface area contributed by atoms with Crippen LogP contribution in [-0.4, -0.2) is 12.0 Å². The van der Waals surface area contributed by atoms with E-state index in [2.05, 4.69) is 5.32 Å². The lowest BCUT2D eigenvalue weighted by Crippen LogP contribution is -2.35. The van der Waals surface area contributed by atoms with Crippen molar-refractivity contribution >= 4 is 16.9 Å². The molecule has 0 spiro atoms. The van der Waals surface area contributed by atoms with E-state index in [9.17, 15) is 9.59 Å². The molecule has 5 heteroatoms. The third-order valence-corrected chi connectivity index (χ3v) is 5.09. The van der Waals surface area contributed by atoms with E-state index in [1.807, 2.05) is 60.7 Å². The van der Waals surface area contributed by atoms with Gasteiger partial charge in [0, 0.05) is 12.6 Å². The molecule has 156 valence electrons. The van der Waals surface area contributed by atoms with E-state index in [0.717, 1.165) is 11.1 Å². The maximum Gasteiger partial charge on any atom is 0.261 e. The zero-order valence-electron chi connectivity index (χ0n) is 17.4. The van der Waals surface area contributed by atoms with Gasteiger partial charge in [0.15, 0.2) is 6.10 Å². The quantitative estimate of drug-likeness (QED) is 0.491. The average Bonchev–Trinajstić information content (AvgIpc) is 2.78. The predicted octanol–water partition coefficient (Wildman–Crippen LogP) is 4.85. The topological polar surface area (TPSA) is 68.5 Å². The van der Waals surface area contributed by atoms with Gasteiger partial charge in [0.05, 0.1) is 10.9 Å². The van der Waals surface area contributed by atoms with Gasteiger partial charge in [-0.3, -0.25) is 9.59 Å². The Kier molecular flexibility index (Phi) is 5.85. The van der Waals surface area contributed by atoms with E-state index in [-0.39, 0.29) is 11.3 Å². The third-order valence-electron chi connectivity index (χ3n) is 5.09. The zero-order chi connectivity index (χ0) is 21.8. The number of ether oxygens (including phenoxy) is 1. The highest BCUT2D eigenvalue weighted by Crippen LogP contribution is 2.26. The van der Waals surface area contributed by atoms with E-state index < -0.39 is 6.10 Å². The standard InChI is InChI=1S/C26H23NO4/c1-17-24(20-11-7-4-8-12-20)25(28)22-14-13-21(15-23(22)31-17)30-18(2)26(29)27-16-19-9-5-3-6-10-19/h3-15,18H,16H2,1-2H3,(H,27,29)/t18-/m0/s1. The van der Waals surface area contributed by atoms with Crippen molar-refractivity contribution in [2.75, 3.05) is 0 Å². The van der Waals surface area contributed by atoms with Crippen molar-refractivity contribution in [1.82, 2.24) is 5.32 Å². The van der Waals surface area contributed by atoms with Crippen LogP contribution >= 0.6 is 0 Å². The second kappa shape index (κ2) is 8.88. The fourth-order valence-electron chi connectivity index (χ4n) is 3.48. The summed E-state index contributed by atoms with van der Waals surface area (Å²) in [5.41, 5.74) is 2.72. The molecule has 0 aliphatic heterocycles. The molecule has 0 radical (unpaired) electrons. The van der Waals surface area contributed by atoms with Gasteiger partial charge in [-0.25, -0.2) is 0 Å². The summed E-state index contributed by atoms with van der Waals surface area (Å²) in [6.07, 6.45) is -0.697. The van der Waals surface area contributed by atoms with Crippen LogP contribution in [0.5, 0.6) is 5.75 Å². The fraction of sp³-hybridized carbons (Fsp3) is 0.154. The molecule has 0 fully saturated rings. The maximum atomic E-state index is 13.0. The minimum Gasteiger partial charge on any atom is -0.481 e. The van der Waals surface area contributed by atoms with Crippen LogP contribution in [0.1, 0.15) is 18.2 Å². The maximum absolute atomic E-state index is 13.0.